The van der Waals surface area contributed by atoms with Crippen LogP contribution in [-0.4, -0.2) is 52.2 Å². The number of aliphatic hydroxyl groups is 1. The highest BCUT2D eigenvalue weighted by Gasteiger charge is 2.23. The number of rotatable bonds is 12. The van der Waals surface area contributed by atoms with Crippen molar-refractivity contribution in [3.63, 3.8) is 0 Å². The van der Waals surface area contributed by atoms with Crippen molar-refractivity contribution >= 4 is 0 Å². The fourth-order valence-electron chi connectivity index (χ4n) is 3.76. The van der Waals surface area contributed by atoms with Crippen LogP contribution in [0.3, 0.4) is 0 Å². The van der Waals surface area contributed by atoms with Crippen LogP contribution in [0.15, 0.2) is 54.6 Å². The molecule has 0 unspecified atom stereocenters. The molecule has 0 saturated carbocycles. The Morgan fingerprint density at radius 1 is 1.09 bits per heavy atom. The Morgan fingerprint density at radius 3 is 2.52 bits per heavy atom. The molecule has 0 bridgehead atoms. The van der Waals surface area contributed by atoms with Crippen LogP contribution in [0, 0.1) is 18.7 Å². The second kappa shape index (κ2) is 11.9. The number of aryl methyl sites for hydroxylation is 1. The number of ether oxygens (including phenoxy) is 2. The van der Waals surface area contributed by atoms with Crippen LogP contribution in [0.2, 0.25) is 0 Å². The fourth-order valence-corrected chi connectivity index (χ4v) is 3.76. The molecule has 0 amide bonds. The summed E-state index contributed by atoms with van der Waals surface area (Å²) in [5.74, 6) is 0.982. The topological polar surface area (TPSA) is 59.8 Å². The van der Waals surface area contributed by atoms with Crippen molar-refractivity contribution in [2.45, 2.75) is 40.3 Å². The summed E-state index contributed by atoms with van der Waals surface area (Å²) in [6.07, 6.45) is -0.597. The van der Waals surface area contributed by atoms with Gasteiger partial charge in [-0.3, -0.25) is 4.90 Å². The van der Waals surface area contributed by atoms with Crippen LogP contribution in [0.1, 0.15) is 32.0 Å². The van der Waals surface area contributed by atoms with Gasteiger partial charge in [-0.15, -0.1) is 0 Å². The number of halogens is 1. The Kier molecular flexibility index (Phi) is 9.00. The summed E-state index contributed by atoms with van der Waals surface area (Å²) >= 11 is 0. The van der Waals surface area contributed by atoms with E-state index in [-0.39, 0.29) is 5.82 Å². The molecule has 2 aromatic carbocycles. The molecule has 178 valence electrons. The van der Waals surface area contributed by atoms with E-state index in [9.17, 15) is 9.50 Å². The normalized spacial score (nSPS) is 12.5. The summed E-state index contributed by atoms with van der Waals surface area (Å²) in [4.78, 5) is 2.19. The summed E-state index contributed by atoms with van der Waals surface area (Å²) in [5, 5.41) is 15.2. The lowest BCUT2D eigenvalue weighted by molar-refractivity contribution is 0.0173. The standard InChI is InChI=1S/C26H34FN3O3/c1-5-32-18-23(31)16-29(15-19(2)3)17-25-20(4)28-30(22-11-7-6-8-12-22)26(25)33-24-13-9-10-21(27)14-24/h6-14,19,23,31H,5,15-18H2,1-4H3/t23-/m0/s1. The van der Waals surface area contributed by atoms with Gasteiger partial charge in [-0.05, 0) is 44.0 Å². The van der Waals surface area contributed by atoms with E-state index in [0.29, 0.717) is 43.9 Å². The van der Waals surface area contributed by atoms with Crippen LogP contribution in [-0.2, 0) is 11.3 Å². The molecule has 33 heavy (non-hydrogen) atoms. The van der Waals surface area contributed by atoms with Crippen molar-refractivity contribution in [2.24, 2.45) is 5.92 Å². The molecule has 1 aromatic heterocycles. The lowest BCUT2D eigenvalue weighted by atomic mass is 10.1. The first-order valence-corrected chi connectivity index (χ1v) is 11.4. The van der Waals surface area contributed by atoms with Crippen molar-refractivity contribution in [1.82, 2.24) is 14.7 Å². The molecule has 1 heterocycles. The smallest absolute Gasteiger partial charge is 0.227 e. The monoisotopic (exact) mass is 455 g/mol. The van der Waals surface area contributed by atoms with Crippen molar-refractivity contribution in [2.75, 3.05) is 26.3 Å². The molecule has 0 aliphatic carbocycles. The maximum absolute atomic E-state index is 13.8. The minimum Gasteiger partial charge on any atom is -0.438 e. The molecule has 0 fully saturated rings. The maximum atomic E-state index is 13.8. The van der Waals surface area contributed by atoms with E-state index in [0.717, 1.165) is 23.5 Å². The summed E-state index contributed by atoms with van der Waals surface area (Å²) in [7, 11) is 0. The number of aromatic nitrogens is 2. The van der Waals surface area contributed by atoms with Crippen molar-refractivity contribution in [3.05, 3.63) is 71.7 Å². The Hall–Kier alpha value is -2.74. The largest absolute Gasteiger partial charge is 0.438 e. The number of para-hydroxylation sites is 1. The summed E-state index contributed by atoms with van der Waals surface area (Å²) in [5.41, 5.74) is 2.57. The lowest BCUT2D eigenvalue weighted by Crippen LogP contribution is -2.37. The van der Waals surface area contributed by atoms with E-state index in [1.54, 1.807) is 16.8 Å². The number of nitrogens with zero attached hydrogens (tertiary/aromatic N) is 3. The van der Waals surface area contributed by atoms with Gasteiger partial charge in [0.05, 0.1) is 29.7 Å². The Bertz CT molecular complexity index is 1010. The van der Waals surface area contributed by atoms with E-state index in [1.807, 2.05) is 44.2 Å². The van der Waals surface area contributed by atoms with Crippen LogP contribution in [0.25, 0.3) is 5.69 Å². The molecule has 3 rings (SSSR count). The molecule has 0 radical (unpaired) electrons. The highest BCUT2D eigenvalue weighted by atomic mass is 19.1. The number of benzene rings is 2. The first-order chi connectivity index (χ1) is 15.9. The zero-order valence-electron chi connectivity index (χ0n) is 19.9. The van der Waals surface area contributed by atoms with Gasteiger partial charge in [0.1, 0.15) is 11.6 Å². The zero-order chi connectivity index (χ0) is 23.8. The third kappa shape index (κ3) is 7.12. The number of hydrogen-bond donors (Lipinski definition) is 1. The van der Waals surface area contributed by atoms with Gasteiger partial charge in [0.25, 0.3) is 0 Å². The fraction of sp³-hybridized carbons (Fsp3) is 0.423. The molecule has 0 aliphatic rings. The van der Waals surface area contributed by atoms with Gasteiger partial charge in [-0.1, -0.05) is 38.1 Å². The zero-order valence-corrected chi connectivity index (χ0v) is 19.9. The minimum atomic E-state index is -0.597. The average Bonchev–Trinajstić information content (AvgIpc) is 3.07. The molecule has 1 N–H and O–H groups in total. The van der Waals surface area contributed by atoms with Crippen LogP contribution in [0.4, 0.5) is 4.39 Å². The highest BCUT2D eigenvalue weighted by Crippen LogP contribution is 2.32. The number of aliphatic hydroxyl groups excluding tert-OH is 1. The van der Waals surface area contributed by atoms with Gasteiger partial charge < -0.3 is 14.6 Å². The van der Waals surface area contributed by atoms with E-state index in [2.05, 4.69) is 18.7 Å². The highest BCUT2D eigenvalue weighted by molar-refractivity contribution is 5.43. The first kappa shape index (κ1) is 24.9. The number of hydrogen-bond acceptors (Lipinski definition) is 5. The van der Waals surface area contributed by atoms with Crippen LogP contribution >= 0.6 is 0 Å². The maximum Gasteiger partial charge on any atom is 0.227 e. The van der Waals surface area contributed by atoms with Gasteiger partial charge in [0, 0.05) is 32.3 Å². The predicted molar refractivity (Wildman–Crippen MR) is 127 cm³/mol. The Morgan fingerprint density at radius 2 is 1.85 bits per heavy atom. The Balaban J connectivity index is 1.97. The predicted octanol–water partition coefficient (Wildman–Crippen LogP) is 4.97. The third-order valence-electron chi connectivity index (χ3n) is 5.14. The third-order valence-corrected chi connectivity index (χ3v) is 5.14. The molecule has 3 aromatic rings. The average molecular weight is 456 g/mol. The van der Waals surface area contributed by atoms with Gasteiger partial charge in [-0.2, -0.15) is 5.10 Å². The summed E-state index contributed by atoms with van der Waals surface area (Å²) in [6.45, 7) is 10.8. The molecule has 7 heteroatoms. The molecule has 6 nitrogen and oxygen atoms in total. The van der Waals surface area contributed by atoms with Gasteiger partial charge in [0.15, 0.2) is 0 Å². The van der Waals surface area contributed by atoms with Gasteiger partial charge in [0.2, 0.25) is 5.88 Å². The molecular formula is C26H34FN3O3. The van der Waals surface area contributed by atoms with E-state index in [4.69, 9.17) is 14.6 Å². The molecule has 0 saturated heterocycles. The van der Waals surface area contributed by atoms with E-state index in [1.165, 1.54) is 12.1 Å². The summed E-state index contributed by atoms with van der Waals surface area (Å²) < 4.78 is 27.2. The van der Waals surface area contributed by atoms with Gasteiger partial charge in [-0.25, -0.2) is 9.07 Å². The Labute approximate surface area is 195 Å². The van der Waals surface area contributed by atoms with Crippen molar-refractivity contribution in [3.8, 4) is 17.3 Å². The lowest BCUT2D eigenvalue weighted by Gasteiger charge is -2.27. The van der Waals surface area contributed by atoms with E-state index < -0.39 is 6.10 Å². The summed E-state index contributed by atoms with van der Waals surface area (Å²) in [6, 6.07) is 15.8. The molecule has 0 spiro atoms. The second-order valence-corrected chi connectivity index (χ2v) is 8.58. The second-order valence-electron chi connectivity index (χ2n) is 8.58. The quantitative estimate of drug-likeness (QED) is 0.418. The van der Waals surface area contributed by atoms with Crippen molar-refractivity contribution in [1.29, 1.82) is 0 Å². The minimum absolute atomic E-state index is 0.292. The van der Waals surface area contributed by atoms with E-state index >= 15 is 0 Å². The van der Waals surface area contributed by atoms with Crippen molar-refractivity contribution < 1.29 is 19.0 Å². The van der Waals surface area contributed by atoms with Crippen LogP contribution < -0.4 is 4.74 Å². The van der Waals surface area contributed by atoms with Gasteiger partial charge >= 0.3 is 0 Å². The van der Waals surface area contributed by atoms with Crippen LogP contribution in [0.5, 0.6) is 11.6 Å². The molecular weight excluding hydrogens is 421 g/mol. The molecule has 0 aliphatic heterocycles. The first-order valence-electron chi connectivity index (χ1n) is 11.4. The SMILES string of the molecule is CCOC[C@@H](O)CN(Cc1c(C)nn(-c2ccccc2)c1Oc1cccc(F)c1)CC(C)C. The molecule has 1 atom stereocenters.